The van der Waals surface area contributed by atoms with Gasteiger partial charge < -0.3 is 5.73 Å². The average molecular weight is 332 g/mol. The maximum absolute atomic E-state index is 12.4. The van der Waals surface area contributed by atoms with Gasteiger partial charge in [0.25, 0.3) is 0 Å². The summed E-state index contributed by atoms with van der Waals surface area (Å²) < 4.78 is 27.6. The fourth-order valence-electron chi connectivity index (χ4n) is 2.56. The smallest absolute Gasteiger partial charge is 0.212 e. The predicted octanol–water partition coefficient (Wildman–Crippen LogP) is 3.00. The van der Waals surface area contributed by atoms with E-state index in [9.17, 15) is 8.42 Å². The number of nitrogens with two attached hydrogens (primary N) is 1. The first-order chi connectivity index (χ1) is 10.9. The van der Waals surface area contributed by atoms with Gasteiger partial charge in [-0.25, -0.2) is 13.1 Å². The standard InChI is InChI=1S/C18H24N2O2S/c1-14(2)13-23(21,22)20-18(16-11-7-4-8-12-16)17(19)15-9-5-3-6-10-15/h3-12,14,17-18,20H,13,19H2,1-2H3/t17-,18-/m1/s1. The van der Waals surface area contributed by atoms with Crippen LogP contribution in [0.5, 0.6) is 0 Å². The first-order valence-corrected chi connectivity index (χ1v) is 9.40. The molecule has 23 heavy (non-hydrogen) atoms. The van der Waals surface area contributed by atoms with Crippen molar-refractivity contribution in [3.05, 3.63) is 71.8 Å². The number of sulfonamides is 1. The largest absolute Gasteiger partial charge is 0.322 e. The molecule has 4 nitrogen and oxygen atoms in total. The van der Waals surface area contributed by atoms with Gasteiger partial charge in [0.1, 0.15) is 0 Å². The van der Waals surface area contributed by atoms with E-state index in [1.165, 1.54) is 0 Å². The number of benzene rings is 2. The molecule has 0 heterocycles. The summed E-state index contributed by atoms with van der Waals surface area (Å²) in [5.41, 5.74) is 8.14. The van der Waals surface area contributed by atoms with Gasteiger partial charge in [-0.3, -0.25) is 0 Å². The first-order valence-electron chi connectivity index (χ1n) is 7.74. The van der Waals surface area contributed by atoms with Crippen molar-refractivity contribution in [2.45, 2.75) is 25.9 Å². The van der Waals surface area contributed by atoms with E-state index in [4.69, 9.17) is 5.73 Å². The van der Waals surface area contributed by atoms with Crippen LogP contribution in [0.15, 0.2) is 60.7 Å². The zero-order chi connectivity index (χ0) is 16.9. The molecule has 0 aromatic heterocycles. The lowest BCUT2D eigenvalue weighted by Gasteiger charge is -2.26. The van der Waals surface area contributed by atoms with Crippen LogP contribution < -0.4 is 10.5 Å². The van der Waals surface area contributed by atoms with E-state index in [-0.39, 0.29) is 11.7 Å². The van der Waals surface area contributed by atoms with Gasteiger partial charge in [-0.1, -0.05) is 74.5 Å². The van der Waals surface area contributed by atoms with Gasteiger partial charge in [0, 0.05) is 0 Å². The SMILES string of the molecule is CC(C)CS(=O)(=O)N[C@H](c1ccccc1)[C@H](N)c1ccccc1. The summed E-state index contributed by atoms with van der Waals surface area (Å²) in [4.78, 5) is 0. The minimum Gasteiger partial charge on any atom is -0.322 e. The van der Waals surface area contributed by atoms with Crippen molar-refractivity contribution in [3.8, 4) is 0 Å². The van der Waals surface area contributed by atoms with Gasteiger partial charge in [0.05, 0.1) is 17.8 Å². The molecule has 3 N–H and O–H groups in total. The lowest BCUT2D eigenvalue weighted by molar-refractivity contribution is 0.499. The molecule has 0 unspecified atom stereocenters. The van der Waals surface area contributed by atoms with Crippen molar-refractivity contribution in [1.82, 2.24) is 4.72 Å². The third-order valence-corrected chi connectivity index (χ3v) is 5.28. The monoisotopic (exact) mass is 332 g/mol. The summed E-state index contributed by atoms with van der Waals surface area (Å²) >= 11 is 0. The molecular weight excluding hydrogens is 308 g/mol. The van der Waals surface area contributed by atoms with Gasteiger partial charge >= 0.3 is 0 Å². The van der Waals surface area contributed by atoms with Crippen LogP contribution in [0, 0.1) is 5.92 Å². The summed E-state index contributed by atoms with van der Waals surface area (Å²) in [7, 11) is -3.41. The van der Waals surface area contributed by atoms with Crippen LogP contribution in [-0.4, -0.2) is 14.2 Å². The van der Waals surface area contributed by atoms with Gasteiger partial charge in [0.15, 0.2) is 0 Å². The number of hydrogen-bond donors (Lipinski definition) is 2. The van der Waals surface area contributed by atoms with E-state index in [0.717, 1.165) is 11.1 Å². The molecule has 0 aliphatic rings. The molecule has 2 atom stereocenters. The van der Waals surface area contributed by atoms with Crippen molar-refractivity contribution >= 4 is 10.0 Å². The average Bonchev–Trinajstić information content (AvgIpc) is 2.52. The van der Waals surface area contributed by atoms with Crippen LogP contribution in [0.1, 0.15) is 37.1 Å². The van der Waals surface area contributed by atoms with E-state index in [1.54, 1.807) is 0 Å². The number of rotatable bonds is 7. The van der Waals surface area contributed by atoms with Crippen LogP contribution >= 0.6 is 0 Å². The fraction of sp³-hybridized carbons (Fsp3) is 0.333. The van der Waals surface area contributed by atoms with Crippen molar-refractivity contribution < 1.29 is 8.42 Å². The maximum atomic E-state index is 12.4. The van der Waals surface area contributed by atoms with Gasteiger partial charge in [-0.05, 0) is 17.0 Å². The Balaban J connectivity index is 2.33. The normalized spacial score (nSPS) is 14.6. The van der Waals surface area contributed by atoms with Crippen LogP contribution in [0.25, 0.3) is 0 Å². The molecular formula is C18H24N2O2S. The highest BCUT2D eigenvalue weighted by Gasteiger charge is 2.26. The van der Waals surface area contributed by atoms with Gasteiger partial charge in [0.2, 0.25) is 10.0 Å². The fourth-order valence-corrected chi connectivity index (χ4v) is 4.20. The van der Waals surface area contributed by atoms with Crippen molar-refractivity contribution in [1.29, 1.82) is 0 Å². The molecule has 0 saturated heterocycles. The topological polar surface area (TPSA) is 72.2 Å². The Hall–Kier alpha value is -1.69. The van der Waals surface area contributed by atoms with Gasteiger partial charge in [-0.15, -0.1) is 0 Å². The molecule has 0 radical (unpaired) electrons. The highest BCUT2D eigenvalue weighted by atomic mass is 32.2. The zero-order valence-corrected chi connectivity index (χ0v) is 14.3. The second-order valence-electron chi connectivity index (χ2n) is 6.12. The number of hydrogen-bond acceptors (Lipinski definition) is 3. The van der Waals surface area contributed by atoms with E-state index in [1.807, 2.05) is 74.5 Å². The van der Waals surface area contributed by atoms with Crippen molar-refractivity contribution in [3.63, 3.8) is 0 Å². The highest BCUT2D eigenvalue weighted by molar-refractivity contribution is 7.89. The Morgan fingerprint density at radius 2 is 1.39 bits per heavy atom. The van der Waals surface area contributed by atoms with Crippen LogP contribution in [0.4, 0.5) is 0 Å². The summed E-state index contributed by atoms with van der Waals surface area (Å²) in [5, 5.41) is 0. The van der Waals surface area contributed by atoms with E-state index >= 15 is 0 Å². The molecule has 0 spiro atoms. The summed E-state index contributed by atoms with van der Waals surface area (Å²) in [5.74, 6) is 0.134. The summed E-state index contributed by atoms with van der Waals surface area (Å²) in [6.45, 7) is 3.77. The molecule has 0 aliphatic heterocycles. The van der Waals surface area contributed by atoms with E-state index in [0.29, 0.717) is 0 Å². The Bertz CT molecular complexity index is 700. The summed E-state index contributed by atoms with van der Waals surface area (Å²) in [6, 6.07) is 18.1. The molecule has 0 aliphatic carbocycles. The molecule has 0 saturated carbocycles. The van der Waals surface area contributed by atoms with Crippen LogP contribution in [0.2, 0.25) is 0 Å². The minimum absolute atomic E-state index is 0.0527. The molecule has 5 heteroatoms. The zero-order valence-electron chi connectivity index (χ0n) is 13.5. The molecule has 0 amide bonds. The van der Waals surface area contributed by atoms with Gasteiger partial charge in [-0.2, -0.15) is 0 Å². The maximum Gasteiger partial charge on any atom is 0.212 e. The molecule has 124 valence electrons. The molecule has 2 aromatic rings. The third kappa shape index (κ3) is 5.16. The Kier molecular flexibility index (Phi) is 5.93. The second kappa shape index (κ2) is 7.73. The third-order valence-electron chi connectivity index (χ3n) is 3.56. The second-order valence-corrected chi connectivity index (χ2v) is 7.92. The first kappa shape index (κ1) is 17.7. The Morgan fingerprint density at radius 3 is 1.87 bits per heavy atom. The Labute approximate surface area is 138 Å². The quantitative estimate of drug-likeness (QED) is 0.818. The van der Waals surface area contributed by atoms with Crippen LogP contribution in [0.3, 0.4) is 0 Å². The predicted molar refractivity (Wildman–Crippen MR) is 94.3 cm³/mol. The highest BCUT2D eigenvalue weighted by Crippen LogP contribution is 2.27. The molecule has 2 aromatic carbocycles. The Morgan fingerprint density at radius 1 is 0.913 bits per heavy atom. The van der Waals surface area contributed by atoms with Crippen LogP contribution in [-0.2, 0) is 10.0 Å². The minimum atomic E-state index is -3.41. The summed E-state index contributed by atoms with van der Waals surface area (Å²) in [6.07, 6.45) is 0. The lowest BCUT2D eigenvalue weighted by Crippen LogP contribution is -2.38. The van der Waals surface area contributed by atoms with E-state index in [2.05, 4.69) is 4.72 Å². The van der Waals surface area contributed by atoms with Crippen molar-refractivity contribution in [2.75, 3.05) is 5.75 Å². The lowest BCUT2D eigenvalue weighted by atomic mass is 9.95. The molecule has 2 rings (SSSR count). The number of nitrogens with one attached hydrogen (secondary N) is 1. The molecule has 0 bridgehead atoms. The van der Waals surface area contributed by atoms with Crippen molar-refractivity contribution in [2.24, 2.45) is 11.7 Å². The molecule has 0 fully saturated rings. The van der Waals surface area contributed by atoms with E-state index < -0.39 is 22.1 Å².